The van der Waals surface area contributed by atoms with Gasteiger partial charge >= 0.3 is 0 Å². The molecule has 0 saturated heterocycles. The van der Waals surface area contributed by atoms with Crippen molar-refractivity contribution in [3.8, 4) is 22.6 Å². The van der Waals surface area contributed by atoms with Crippen LogP contribution in [0.25, 0.3) is 22.6 Å². The molecule has 0 unspecified atom stereocenters. The second-order valence-electron chi connectivity index (χ2n) is 7.75. The zero-order chi connectivity index (χ0) is 19.4. The molecule has 4 rings (SSSR count). The smallest absolute Gasteiger partial charge is 0.251 e. The summed E-state index contributed by atoms with van der Waals surface area (Å²) in [5.41, 5.74) is 4.34. The molecule has 0 aliphatic heterocycles. The third-order valence-corrected chi connectivity index (χ3v) is 4.77. The highest BCUT2D eigenvalue weighted by atomic mass is 35.5. The van der Waals surface area contributed by atoms with E-state index in [-0.39, 0.29) is 12.4 Å². The molecule has 3 aromatic carbocycles. The third-order valence-electron chi connectivity index (χ3n) is 4.77. The Bertz CT molecular complexity index is 971. The van der Waals surface area contributed by atoms with Gasteiger partial charge in [-0.05, 0) is 0 Å². The summed E-state index contributed by atoms with van der Waals surface area (Å²) in [6.07, 6.45) is 0. The Hall–Kier alpha value is -2.88. The predicted octanol–water partition coefficient (Wildman–Crippen LogP) is 2.79. The first-order valence-corrected chi connectivity index (χ1v) is 9.57. The molecule has 4 aromatic rings. The number of rotatable bonds is 6. The van der Waals surface area contributed by atoms with E-state index in [4.69, 9.17) is 9.40 Å². The molecule has 1 heterocycles. The molecule has 0 bridgehead atoms. The van der Waals surface area contributed by atoms with Gasteiger partial charge in [-0.15, -0.1) is 0 Å². The number of quaternary nitrogens is 1. The van der Waals surface area contributed by atoms with E-state index < -0.39 is 0 Å². The zero-order valence-electron chi connectivity index (χ0n) is 16.8. The van der Waals surface area contributed by atoms with Gasteiger partial charge in [0.05, 0.1) is 14.1 Å². The monoisotopic (exact) mass is 404 g/mol. The fourth-order valence-electron chi connectivity index (χ4n) is 3.51. The first-order chi connectivity index (χ1) is 13.6. The minimum atomic E-state index is 0. The molecular weight excluding hydrogens is 380 g/mol. The lowest BCUT2D eigenvalue weighted by molar-refractivity contribution is -0.918. The molecule has 0 amide bonds. The summed E-state index contributed by atoms with van der Waals surface area (Å²) in [4.78, 5) is 4.90. The number of hydrogen-bond acceptors (Lipinski definition) is 2. The average molecular weight is 405 g/mol. The highest BCUT2D eigenvalue weighted by molar-refractivity contribution is 5.76. The van der Waals surface area contributed by atoms with Gasteiger partial charge in [-0.1, -0.05) is 91.0 Å². The summed E-state index contributed by atoms with van der Waals surface area (Å²) < 4.78 is 7.07. The maximum absolute atomic E-state index is 6.30. The second-order valence-corrected chi connectivity index (χ2v) is 7.75. The molecule has 29 heavy (non-hydrogen) atoms. The largest absolute Gasteiger partial charge is 1.00 e. The molecular formula is C25H25ClN2O. The average Bonchev–Trinajstić information content (AvgIpc) is 3.13. The van der Waals surface area contributed by atoms with Crippen molar-refractivity contribution in [3.05, 3.63) is 102 Å². The van der Waals surface area contributed by atoms with E-state index in [2.05, 4.69) is 68.7 Å². The van der Waals surface area contributed by atoms with Crippen molar-refractivity contribution in [1.82, 2.24) is 4.98 Å². The van der Waals surface area contributed by atoms with Gasteiger partial charge in [0.2, 0.25) is 0 Å². The van der Waals surface area contributed by atoms with Crippen molar-refractivity contribution in [3.63, 3.8) is 0 Å². The number of benzene rings is 3. The van der Waals surface area contributed by atoms with Crippen LogP contribution in [0.15, 0.2) is 95.4 Å². The summed E-state index contributed by atoms with van der Waals surface area (Å²) in [6, 6.07) is 31.0. The minimum Gasteiger partial charge on any atom is -1.00 e. The van der Waals surface area contributed by atoms with Crippen LogP contribution in [0.2, 0.25) is 0 Å². The van der Waals surface area contributed by atoms with Gasteiger partial charge in [0.1, 0.15) is 12.2 Å². The topological polar surface area (TPSA) is 26.0 Å². The molecule has 0 aliphatic carbocycles. The van der Waals surface area contributed by atoms with Gasteiger partial charge in [-0.3, -0.25) is 0 Å². The van der Waals surface area contributed by atoms with Crippen LogP contribution in [-0.2, 0) is 13.1 Å². The Morgan fingerprint density at radius 1 is 0.690 bits per heavy atom. The van der Waals surface area contributed by atoms with Crippen LogP contribution >= 0.6 is 0 Å². The first kappa shape index (κ1) is 20.8. The van der Waals surface area contributed by atoms with Crippen LogP contribution in [0.3, 0.4) is 0 Å². The van der Waals surface area contributed by atoms with Gasteiger partial charge in [-0.25, -0.2) is 4.98 Å². The maximum atomic E-state index is 6.30. The lowest BCUT2D eigenvalue weighted by atomic mass is 10.1. The molecule has 148 valence electrons. The van der Waals surface area contributed by atoms with Gasteiger partial charge < -0.3 is 21.3 Å². The fraction of sp³-hybridized carbons (Fsp3) is 0.160. The SMILES string of the molecule is C[N+](C)(Cc1ccccc1)Cc1nc(-c2ccccc2)c(-c2ccccc2)o1.[Cl-]. The summed E-state index contributed by atoms with van der Waals surface area (Å²) in [5, 5.41) is 0. The van der Waals surface area contributed by atoms with E-state index in [0.717, 1.165) is 46.0 Å². The van der Waals surface area contributed by atoms with Gasteiger partial charge in [0, 0.05) is 16.7 Å². The quantitative estimate of drug-likeness (QED) is 0.462. The maximum Gasteiger partial charge on any atom is 0.251 e. The molecule has 0 spiro atoms. The van der Waals surface area contributed by atoms with E-state index >= 15 is 0 Å². The van der Waals surface area contributed by atoms with Crippen molar-refractivity contribution in [2.24, 2.45) is 0 Å². The lowest BCUT2D eigenvalue weighted by Gasteiger charge is -2.28. The molecule has 0 fully saturated rings. The van der Waals surface area contributed by atoms with Crippen LogP contribution in [0, 0.1) is 0 Å². The highest BCUT2D eigenvalue weighted by Crippen LogP contribution is 2.33. The van der Waals surface area contributed by atoms with E-state index in [1.165, 1.54) is 5.56 Å². The van der Waals surface area contributed by atoms with Crippen LogP contribution < -0.4 is 12.4 Å². The van der Waals surface area contributed by atoms with Crippen LogP contribution in [-0.4, -0.2) is 23.6 Å². The first-order valence-electron chi connectivity index (χ1n) is 9.57. The Labute approximate surface area is 178 Å². The number of hydrogen-bond donors (Lipinski definition) is 0. The molecule has 4 heteroatoms. The number of nitrogens with zero attached hydrogens (tertiary/aromatic N) is 2. The molecule has 0 saturated carbocycles. The van der Waals surface area contributed by atoms with Crippen molar-refractivity contribution in [2.45, 2.75) is 13.1 Å². The number of oxazole rings is 1. The van der Waals surface area contributed by atoms with Gasteiger partial charge in [-0.2, -0.15) is 0 Å². The molecule has 0 N–H and O–H groups in total. The van der Waals surface area contributed by atoms with E-state index in [1.54, 1.807) is 0 Å². The van der Waals surface area contributed by atoms with E-state index in [0.29, 0.717) is 0 Å². The lowest BCUT2D eigenvalue weighted by Crippen LogP contribution is -3.00. The van der Waals surface area contributed by atoms with Crippen LogP contribution in [0.4, 0.5) is 0 Å². The summed E-state index contributed by atoms with van der Waals surface area (Å²) in [6.45, 7) is 1.64. The van der Waals surface area contributed by atoms with Gasteiger partial charge in [0.15, 0.2) is 12.3 Å². The zero-order valence-corrected chi connectivity index (χ0v) is 17.5. The predicted molar refractivity (Wildman–Crippen MR) is 113 cm³/mol. The van der Waals surface area contributed by atoms with E-state index in [1.807, 2.05) is 36.4 Å². The second kappa shape index (κ2) is 9.08. The van der Waals surface area contributed by atoms with Crippen molar-refractivity contribution < 1.29 is 21.3 Å². The molecule has 0 atom stereocenters. The summed E-state index contributed by atoms with van der Waals surface area (Å²) >= 11 is 0. The third kappa shape index (κ3) is 5.14. The van der Waals surface area contributed by atoms with Crippen LogP contribution in [0.5, 0.6) is 0 Å². The summed E-state index contributed by atoms with van der Waals surface area (Å²) in [5.74, 6) is 1.60. The Morgan fingerprint density at radius 3 is 1.79 bits per heavy atom. The van der Waals surface area contributed by atoms with Gasteiger partial charge in [0.25, 0.3) is 5.89 Å². The molecule has 3 nitrogen and oxygen atoms in total. The number of halogens is 1. The minimum absolute atomic E-state index is 0. The van der Waals surface area contributed by atoms with E-state index in [9.17, 15) is 0 Å². The molecule has 0 radical (unpaired) electrons. The van der Waals surface area contributed by atoms with Crippen molar-refractivity contribution in [2.75, 3.05) is 14.1 Å². The van der Waals surface area contributed by atoms with Crippen molar-refractivity contribution >= 4 is 0 Å². The normalized spacial score (nSPS) is 11.1. The Balaban J connectivity index is 0.00000240. The van der Waals surface area contributed by atoms with Crippen LogP contribution in [0.1, 0.15) is 11.5 Å². The standard InChI is InChI=1S/C25H25N2O.ClH/c1-27(2,18-20-12-6-3-7-13-20)19-23-26-24(21-14-8-4-9-15-21)25(28-23)22-16-10-5-11-17-22;/h3-17H,18-19H2,1-2H3;1H/q+1;/p-1. The Kier molecular flexibility index (Phi) is 6.53. The molecule has 0 aliphatic rings. The van der Waals surface area contributed by atoms with Crippen molar-refractivity contribution in [1.29, 1.82) is 0 Å². The summed E-state index contributed by atoms with van der Waals surface area (Å²) in [7, 11) is 4.42. The highest BCUT2D eigenvalue weighted by Gasteiger charge is 2.23. The number of aromatic nitrogens is 1. The molecule has 1 aromatic heterocycles. The fourth-order valence-corrected chi connectivity index (χ4v) is 3.51. The Morgan fingerprint density at radius 2 is 1.21 bits per heavy atom.